The van der Waals surface area contributed by atoms with Crippen molar-refractivity contribution in [1.82, 2.24) is 10.2 Å². The maximum atomic E-state index is 12.5. The fourth-order valence-electron chi connectivity index (χ4n) is 2.57. The second-order valence-corrected chi connectivity index (χ2v) is 5.96. The molecule has 1 unspecified atom stereocenters. The van der Waals surface area contributed by atoms with Crippen molar-refractivity contribution in [2.24, 2.45) is 5.92 Å². The van der Waals surface area contributed by atoms with Gasteiger partial charge < -0.3 is 5.32 Å². The molecule has 1 aromatic carbocycles. The molecule has 5 heteroatoms. The molecule has 0 aromatic heterocycles. The zero-order chi connectivity index (χ0) is 14.8. The van der Waals surface area contributed by atoms with E-state index in [0.29, 0.717) is 16.7 Å². The van der Waals surface area contributed by atoms with E-state index in [0.717, 1.165) is 24.1 Å². The van der Waals surface area contributed by atoms with Crippen LogP contribution in [0.2, 0.25) is 5.02 Å². The number of allylic oxidation sites excluding steroid dienone is 3. The summed E-state index contributed by atoms with van der Waals surface area (Å²) >= 11 is 11.2. The van der Waals surface area contributed by atoms with Crippen LogP contribution < -0.4 is 5.32 Å². The Labute approximate surface area is 134 Å². The molecule has 1 fully saturated rings. The molecule has 1 N–H and O–H groups in total. The lowest BCUT2D eigenvalue weighted by atomic mass is 9.93. The van der Waals surface area contributed by atoms with Gasteiger partial charge in [-0.15, -0.1) is 0 Å². The Kier molecular flexibility index (Phi) is 4.08. The molecule has 1 atom stereocenters. The van der Waals surface area contributed by atoms with E-state index in [1.807, 2.05) is 42.5 Å². The van der Waals surface area contributed by atoms with Crippen LogP contribution in [0.3, 0.4) is 0 Å². The summed E-state index contributed by atoms with van der Waals surface area (Å²) in [5.74, 6) is -0.0322. The number of rotatable bonds is 3. The average Bonchev–Trinajstić information content (AvgIpc) is 2.49. The molecule has 1 heterocycles. The number of carbonyl (C=O) groups is 1. The van der Waals surface area contributed by atoms with Gasteiger partial charge in [0.15, 0.2) is 5.11 Å². The van der Waals surface area contributed by atoms with Crippen molar-refractivity contribution in [3.05, 3.63) is 58.8 Å². The minimum absolute atomic E-state index is 0.0864. The summed E-state index contributed by atoms with van der Waals surface area (Å²) in [6.07, 6.45) is 7.39. The first-order valence-corrected chi connectivity index (χ1v) is 7.67. The third-order valence-electron chi connectivity index (χ3n) is 3.76. The van der Waals surface area contributed by atoms with Gasteiger partial charge in [-0.05, 0) is 48.8 Å². The van der Waals surface area contributed by atoms with Gasteiger partial charge in [-0.25, -0.2) is 0 Å². The summed E-state index contributed by atoms with van der Waals surface area (Å²) in [5, 5.41) is 4.38. The maximum absolute atomic E-state index is 12.5. The van der Waals surface area contributed by atoms with Gasteiger partial charge in [-0.2, -0.15) is 0 Å². The Morgan fingerprint density at radius 1 is 1.33 bits per heavy atom. The normalized spacial score (nSPS) is 20.9. The third-order valence-corrected chi connectivity index (χ3v) is 4.33. The van der Waals surface area contributed by atoms with E-state index >= 15 is 0 Å². The van der Waals surface area contributed by atoms with E-state index in [-0.39, 0.29) is 11.8 Å². The van der Waals surface area contributed by atoms with Crippen molar-refractivity contribution in [3.8, 4) is 0 Å². The van der Waals surface area contributed by atoms with Crippen LogP contribution in [-0.2, 0) is 11.2 Å². The van der Waals surface area contributed by atoms with Crippen LogP contribution in [0.15, 0.2) is 48.2 Å². The molecule has 0 radical (unpaired) electrons. The molecule has 2 aliphatic rings. The minimum atomic E-state index is -0.119. The lowest BCUT2D eigenvalue weighted by Gasteiger charge is -2.36. The molecule has 3 rings (SSSR count). The van der Waals surface area contributed by atoms with E-state index in [2.05, 4.69) is 5.32 Å². The third kappa shape index (κ3) is 3.01. The monoisotopic (exact) mass is 318 g/mol. The summed E-state index contributed by atoms with van der Waals surface area (Å²) in [7, 11) is 0. The predicted molar refractivity (Wildman–Crippen MR) is 87.9 cm³/mol. The first-order valence-electron chi connectivity index (χ1n) is 6.88. The lowest BCUT2D eigenvalue weighted by Crippen LogP contribution is -2.54. The molecule has 1 aromatic rings. The highest BCUT2D eigenvalue weighted by molar-refractivity contribution is 7.80. The van der Waals surface area contributed by atoms with Gasteiger partial charge in [0.2, 0.25) is 5.91 Å². The van der Waals surface area contributed by atoms with E-state index in [1.165, 1.54) is 0 Å². The second kappa shape index (κ2) is 6.00. The Balaban J connectivity index is 1.69. The number of hydrogen-bond donors (Lipinski definition) is 1. The first-order chi connectivity index (χ1) is 10.1. The highest BCUT2D eigenvalue weighted by Gasteiger charge is 2.35. The van der Waals surface area contributed by atoms with Crippen LogP contribution in [0.25, 0.3) is 0 Å². The largest absolute Gasteiger partial charge is 0.335 e. The summed E-state index contributed by atoms with van der Waals surface area (Å²) in [6.45, 7) is 0.583. The fraction of sp³-hybridized carbons (Fsp3) is 0.250. The van der Waals surface area contributed by atoms with Crippen molar-refractivity contribution in [2.75, 3.05) is 6.54 Å². The molecule has 1 aliphatic heterocycles. The number of nitrogens with one attached hydrogen (secondary N) is 1. The number of halogens is 1. The SMILES string of the molecule is O=C1C2CC=CC=C2NC(=S)N1CCc1ccc(Cl)cc1. The molecule has 0 spiro atoms. The van der Waals surface area contributed by atoms with Crippen molar-refractivity contribution in [2.45, 2.75) is 12.8 Å². The van der Waals surface area contributed by atoms with E-state index < -0.39 is 0 Å². The Morgan fingerprint density at radius 2 is 2.10 bits per heavy atom. The van der Waals surface area contributed by atoms with Crippen molar-refractivity contribution in [1.29, 1.82) is 0 Å². The molecule has 1 saturated heterocycles. The second-order valence-electron chi connectivity index (χ2n) is 5.13. The molecular weight excluding hydrogens is 304 g/mol. The highest BCUT2D eigenvalue weighted by Crippen LogP contribution is 2.25. The van der Waals surface area contributed by atoms with Gasteiger partial charge >= 0.3 is 0 Å². The quantitative estimate of drug-likeness (QED) is 0.869. The van der Waals surface area contributed by atoms with Gasteiger partial charge in [0.1, 0.15) is 0 Å². The Bertz CT molecular complexity index is 636. The summed E-state index contributed by atoms with van der Waals surface area (Å²) in [6, 6.07) is 7.67. The van der Waals surface area contributed by atoms with Gasteiger partial charge in [-0.1, -0.05) is 35.9 Å². The van der Waals surface area contributed by atoms with E-state index in [1.54, 1.807) is 4.90 Å². The molecular formula is C16H15ClN2OS. The number of nitrogens with zero attached hydrogens (tertiary/aromatic N) is 1. The van der Waals surface area contributed by atoms with Crippen LogP contribution in [0.5, 0.6) is 0 Å². The summed E-state index contributed by atoms with van der Waals surface area (Å²) in [5.41, 5.74) is 2.05. The molecule has 1 amide bonds. The summed E-state index contributed by atoms with van der Waals surface area (Å²) < 4.78 is 0. The van der Waals surface area contributed by atoms with Crippen molar-refractivity contribution in [3.63, 3.8) is 0 Å². The topological polar surface area (TPSA) is 32.3 Å². The lowest BCUT2D eigenvalue weighted by molar-refractivity contribution is -0.131. The van der Waals surface area contributed by atoms with Gasteiger partial charge in [0.05, 0.1) is 5.92 Å². The van der Waals surface area contributed by atoms with Crippen molar-refractivity contribution < 1.29 is 4.79 Å². The summed E-state index contributed by atoms with van der Waals surface area (Å²) in [4.78, 5) is 14.2. The zero-order valence-corrected chi connectivity index (χ0v) is 13.0. The predicted octanol–water partition coefficient (Wildman–Crippen LogP) is 3.06. The molecule has 0 saturated carbocycles. The van der Waals surface area contributed by atoms with Gasteiger partial charge in [0, 0.05) is 17.3 Å². The number of thiocarbonyl (C=S) groups is 1. The van der Waals surface area contributed by atoms with Crippen LogP contribution in [0.4, 0.5) is 0 Å². The Morgan fingerprint density at radius 3 is 2.86 bits per heavy atom. The molecule has 1 aliphatic carbocycles. The fourth-order valence-corrected chi connectivity index (χ4v) is 3.00. The molecule has 3 nitrogen and oxygen atoms in total. The number of fused-ring (bicyclic) bond motifs is 1. The maximum Gasteiger partial charge on any atom is 0.238 e. The van der Waals surface area contributed by atoms with E-state index in [4.69, 9.17) is 23.8 Å². The average molecular weight is 319 g/mol. The molecule has 108 valence electrons. The first kappa shape index (κ1) is 14.3. The van der Waals surface area contributed by atoms with Gasteiger partial charge in [0.25, 0.3) is 0 Å². The van der Waals surface area contributed by atoms with Crippen LogP contribution in [0, 0.1) is 5.92 Å². The standard InChI is InChI=1S/C16H15ClN2OS/c17-12-7-5-11(6-8-12)9-10-19-15(20)13-3-1-2-4-14(13)18-16(19)21/h1-2,4-8,13H,3,9-10H2,(H,18,21). The van der Waals surface area contributed by atoms with Gasteiger partial charge in [-0.3, -0.25) is 9.69 Å². The highest BCUT2D eigenvalue weighted by atomic mass is 35.5. The zero-order valence-electron chi connectivity index (χ0n) is 11.4. The smallest absolute Gasteiger partial charge is 0.238 e. The molecule has 0 bridgehead atoms. The Hall–Kier alpha value is -1.65. The van der Waals surface area contributed by atoms with Crippen LogP contribution in [0.1, 0.15) is 12.0 Å². The van der Waals surface area contributed by atoms with Crippen LogP contribution >= 0.6 is 23.8 Å². The van der Waals surface area contributed by atoms with Crippen molar-refractivity contribution >= 4 is 34.8 Å². The number of amides is 1. The van der Waals surface area contributed by atoms with E-state index in [9.17, 15) is 4.79 Å². The number of carbonyl (C=O) groups excluding carboxylic acids is 1. The number of hydrogen-bond acceptors (Lipinski definition) is 2. The minimum Gasteiger partial charge on any atom is -0.335 e. The van der Waals surface area contributed by atoms with Crippen LogP contribution in [-0.4, -0.2) is 22.5 Å². The number of benzene rings is 1. The molecule has 21 heavy (non-hydrogen) atoms.